The quantitative estimate of drug-likeness (QED) is 0.823. The second kappa shape index (κ2) is 7.36. The molecular weight excluding hydrogens is 328 g/mol. The van der Waals surface area contributed by atoms with E-state index >= 15 is 0 Å². The lowest BCUT2D eigenvalue weighted by molar-refractivity contribution is 0.0345. The van der Waals surface area contributed by atoms with Crippen molar-refractivity contribution in [1.29, 1.82) is 0 Å². The number of nitrogens with zero attached hydrogens (tertiary/aromatic N) is 2. The molecule has 2 aliphatic rings. The lowest BCUT2D eigenvalue weighted by Gasteiger charge is -2.39. The van der Waals surface area contributed by atoms with E-state index in [1.54, 1.807) is 6.20 Å². The molecule has 0 spiro atoms. The molecule has 2 aromatic rings. The first kappa shape index (κ1) is 16.9. The summed E-state index contributed by atoms with van der Waals surface area (Å²) in [5, 5.41) is 0. The van der Waals surface area contributed by atoms with Gasteiger partial charge in [-0.05, 0) is 38.0 Å². The first-order chi connectivity index (χ1) is 12.8. The van der Waals surface area contributed by atoms with Crippen molar-refractivity contribution in [3.05, 3.63) is 54.2 Å². The second-order valence-electron chi connectivity index (χ2n) is 6.91. The summed E-state index contributed by atoms with van der Waals surface area (Å²) in [5.74, 6) is 1.42. The topological polar surface area (TPSA) is 51.7 Å². The van der Waals surface area contributed by atoms with Gasteiger partial charge < -0.3 is 14.4 Å². The van der Waals surface area contributed by atoms with Gasteiger partial charge in [-0.2, -0.15) is 0 Å². The number of ether oxygens (including phenoxy) is 2. The van der Waals surface area contributed by atoms with Crippen LogP contribution in [0.4, 0.5) is 0 Å². The maximum Gasteiger partial charge on any atom is 0.258 e. The molecule has 5 nitrogen and oxygen atoms in total. The SMILES string of the molecule is CCOc1ccccc1C(=O)N1C2CCC1CC(Oc1ccccn1)C2. The van der Waals surface area contributed by atoms with E-state index in [-0.39, 0.29) is 24.1 Å². The van der Waals surface area contributed by atoms with Gasteiger partial charge in [-0.25, -0.2) is 4.98 Å². The summed E-state index contributed by atoms with van der Waals surface area (Å²) >= 11 is 0. The van der Waals surface area contributed by atoms with Gasteiger partial charge in [-0.15, -0.1) is 0 Å². The van der Waals surface area contributed by atoms with E-state index < -0.39 is 0 Å². The zero-order valence-electron chi connectivity index (χ0n) is 15.0. The Balaban J connectivity index is 1.49. The molecule has 2 bridgehead atoms. The average Bonchev–Trinajstić information content (AvgIpc) is 2.93. The standard InChI is InChI=1S/C21H24N2O3/c1-2-25-19-8-4-3-7-18(19)21(24)23-15-10-11-16(23)14-17(13-15)26-20-9-5-6-12-22-20/h3-9,12,15-17H,2,10-11,13-14H2,1H3. The molecular formula is C21H24N2O3. The van der Waals surface area contributed by atoms with Gasteiger partial charge in [0.15, 0.2) is 0 Å². The highest BCUT2D eigenvalue weighted by Gasteiger charge is 2.44. The van der Waals surface area contributed by atoms with Crippen molar-refractivity contribution in [2.24, 2.45) is 0 Å². The van der Waals surface area contributed by atoms with Crippen molar-refractivity contribution in [2.45, 2.75) is 50.8 Å². The minimum absolute atomic E-state index is 0.0813. The molecule has 5 heteroatoms. The number of fused-ring (bicyclic) bond motifs is 2. The van der Waals surface area contributed by atoms with Crippen LogP contribution in [-0.2, 0) is 0 Å². The molecule has 2 atom stereocenters. The monoisotopic (exact) mass is 352 g/mol. The molecule has 0 saturated carbocycles. The molecule has 2 unspecified atom stereocenters. The van der Waals surface area contributed by atoms with E-state index in [1.165, 1.54) is 0 Å². The number of aromatic nitrogens is 1. The highest BCUT2D eigenvalue weighted by molar-refractivity contribution is 5.97. The van der Waals surface area contributed by atoms with Gasteiger partial charge in [-0.3, -0.25) is 4.79 Å². The predicted octanol–water partition coefficient (Wildman–Crippen LogP) is 3.69. The summed E-state index contributed by atoms with van der Waals surface area (Å²) < 4.78 is 11.7. The van der Waals surface area contributed by atoms with Crippen molar-refractivity contribution in [2.75, 3.05) is 6.61 Å². The number of pyridine rings is 1. The van der Waals surface area contributed by atoms with Gasteiger partial charge in [0.2, 0.25) is 5.88 Å². The third-order valence-electron chi connectivity index (χ3n) is 5.27. The lowest BCUT2D eigenvalue weighted by atomic mass is 9.98. The minimum atomic E-state index is 0.0813. The van der Waals surface area contributed by atoms with E-state index in [2.05, 4.69) is 9.88 Å². The smallest absolute Gasteiger partial charge is 0.258 e. The molecule has 136 valence electrons. The Bertz CT molecular complexity index is 751. The van der Waals surface area contributed by atoms with Gasteiger partial charge in [0.1, 0.15) is 11.9 Å². The fourth-order valence-electron chi connectivity index (χ4n) is 4.21. The Labute approximate surface area is 153 Å². The summed E-state index contributed by atoms with van der Waals surface area (Å²) in [7, 11) is 0. The van der Waals surface area contributed by atoms with E-state index in [0.717, 1.165) is 25.7 Å². The molecule has 0 N–H and O–H groups in total. The maximum atomic E-state index is 13.2. The number of carbonyl (C=O) groups is 1. The van der Waals surface area contributed by atoms with Crippen molar-refractivity contribution in [3.63, 3.8) is 0 Å². The molecule has 1 aromatic heterocycles. The Morgan fingerprint density at radius 3 is 2.54 bits per heavy atom. The zero-order valence-corrected chi connectivity index (χ0v) is 15.0. The predicted molar refractivity (Wildman–Crippen MR) is 98.5 cm³/mol. The van der Waals surface area contributed by atoms with Crippen LogP contribution >= 0.6 is 0 Å². The van der Waals surface area contributed by atoms with Crippen LogP contribution in [0.15, 0.2) is 48.7 Å². The van der Waals surface area contributed by atoms with Crippen LogP contribution in [-0.4, -0.2) is 40.6 Å². The number of rotatable bonds is 5. The van der Waals surface area contributed by atoms with E-state index in [4.69, 9.17) is 9.47 Å². The number of amides is 1. The second-order valence-corrected chi connectivity index (χ2v) is 6.91. The Hall–Kier alpha value is -2.56. The highest BCUT2D eigenvalue weighted by Crippen LogP contribution is 2.39. The Kier molecular flexibility index (Phi) is 4.78. The molecule has 2 saturated heterocycles. The fraction of sp³-hybridized carbons (Fsp3) is 0.429. The summed E-state index contributed by atoms with van der Waals surface area (Å²) in [6.07, 6.45) is 5.65. The molecule has 1 amide bonds. The number of carbonyl (C=O) groups excluding carboxylic acids is 1. The fourth-order valence-corrected chi connectivity index (χ4v) is 4.21. The van der Waals surface area contributed by atoms with Crippen LogP contribution in [0.3, 0.4) is 0 Å². The van der Waals surface area contributed by atoms with Crippen molar-refractivity contribution in [1.82, 2.24) is 9.88 Å². The first-order valence-electron chi connectivity index (χ1n) is 9.38. The molecule has 2 aliphatic heterocycles. The summed E-state index contributed by atoms with van der Waals surface area (Å²) in [6.45, 7) is 2.49. The van der Waals surface area contributed by atoms with Gasteiger partial charge in [-0.1, -0.05) is 18.2 Å². The van der Waals surface area contributed by atoms with Crippen molar-refractivity contribution >= 4 is 5.91 Å². The number of piperidine rings is 1. The first-order valence-corrected chi connectivity index (χ1v) is 9.38. The number of para-hydroxylation sites is 1. The van der Waals surface area contributed by atoms with Crippen LogP contribution in [0, 0.1) is 0 Å². The lowest BCUT2D eigenvalue weighted by Crippen LogP contribution is -2.49. The third kappa shape index (κ3) is 3.26. The van der Waals surface area contributed by atoms with Gasteiger partial charge >= 0.3 is 0 Å². The van der Waals surface area contributed by atoms with Crippen molar-refractivity contribution in [3.8, 4) is 11.6 Å². The maximum absolute atomic E-state index is 13.2. The zero-order chi connectivity index (χ0) is 17.9. The molecule has 3 heterocycles. The third-order valence-corrected chi connectivity index (χ3v) is 5.27. The average molecular weight is 352 g/mol. The summed E-state index contributed by atoms with van der Waals surface area (Å²) in [6, 6.07) is 13.7. The summed E-state index contributed by atoms with van der Waals surface area (Å²) in [5.41, 5.74) is 0.662. The molecule has 0 aliphatic carbocycles. The van der Waals surface area contributed by atoms with E-state index in [9.17, 15) is 4.79 Å². The van der Waals surface area contributed by atoms with Crippen LogP contribution in [0.2, 0.25) is 0 Å². The molecule has 2 fully saturated rings. The Morgan fingerprint density at radius 2 is 1.85 bits per heavy atom. The summed E-state index contributed by atoms with van der Waals surface area (Å²) in [4.78, 5) is 19.5. The molecule has 0 radical (unpaired) electrons. The highest BCUT2D eigenvalue weighted by atomic mass is 16.5. The number of hydrogen-bond acceptors (Lipinski definition) is 4. The van der Waals surface area contributed by atoms with Crippen LogP contribution in [0.1, 0.15) is 43.0 Å². The Morgan fingerprint density at radius 1 is 1.12 bits per heavy atom. The van der Waals surface area contributed by atoms with Crippen LogP contribution < -0.4 is 9.47 Å². The largest absolute Gasteiger partial charge is 0.493 e. The normalized spacial score (nSPS) is 24.3. The molecule has 4 rings (SSSR count). The van der Waals surface area contributed by atoms with E-state index in [1.807, 2.05) is 49.4 Å². The van der Waals surface area contributed by atoms with E-state index in [0.29, 0.717) is 23.8 Å². The van der Waals surface area contributed by atoms with Gasteiger partial charge in [0, 0.05) is 37.2 Å². The van der Waals surface area contributed by atoms with Crippen LogP contribution in [0.5, 0.6) is 11.6 Å². The van der Waals surface area contributed by atoms with Gasteiger partial charge in [0.05, 0.1) is 12.2 Å². The van der Waals surface area contributed by atoms with Crippen molar-refractivity contribution < 1.29 is 14.3 Å². The van der Waals surface area contributed by atoms with Crippen LogP contribution in [0.25, 0.3) is 0 Å². The molecule has 26 heavy (non-hydrogen) atoms. The number of hydrogen-bond donors (Lipinski definition) is 0. The molecule has 1 aromatic carbocycles. The van der Waals surface area contributed by atoms with Gasteiger partial charge in [0.25, 0.3) is 5.91 Å². The number of benzene rings is 1. The minimum Gasteiger partial charge on any atom is -0.493 e.